The highest BCUT2D eigenvalue weighted by atomic mass is 32.2. The number of Topliss-reactive ketones (excluding diaryl/α,β-unsaturated/α-hetero) is 1. The van der Waals surface area contributed by atoms with E-state index in [1.54, 1.807) is 0 Å². The van der Waals surface area contributed by atoms with Gasteiger partial charge in [-0.15, -0.1) is 0 Å². The topological polar surface area (TPSA) is 101 Å². The maximum absolute atomic E-state index is 11.8. The molecule has 0 aromatic carbocycles. The molecule has 0 radical (unpaired) electrons. The summed E-state index contributed by atoms with van der Waals surface area (Å²) in [5, 5.41) is 3.40. The fraction of sp³-hybridized carbons (Fsp3) is 0.947. The van der Waals surface area contributed by atoms with Crippen LogP contribution in [0, 0.1) is 0 Å². The highest BCUT2D eigenvalue weighted by Gasteiger charge is 2.03. The number of rotatable bonds is 20. The van der Waals surface area contributed by atoms with Crippen LogP contribution in [0.2, 0.25) is 0 Å². The van der Waals surface area contributed by atoms with Crippen LogP contribution in [0.3, 0.4) is 0 Å². The van der Waals surface area contributed by atoms with Gasteiger partial charge in [0.15, 0.2) is 0 Å². The molecule has 0 heterocycles. The fourth-order valence-electron chi connectivity index (χ4n) is 2.81. The summed E-state index contributed by atoms with van der Waals surface area (Å²) < 4.78 is 24.3. The Hall–Kier alpha value is -0.500. The second-order valence-electron chi connectivity index (χ2n) is 7.13. The zero-order chi connectivity index (χ0) is 19.5. The monoisotopic (exact) mass is 391 g/mol. The van der Waals surface area contributed by atoms with E-state index in [4.69, 9.17) is 5.73 Å². The third kappa shape index (κ3) is 21.5. The summed E-state index contributed by atoms with van der Waals surface area (Å²) in [5.41, 5.74) is 5.44. The van der Waals surface area contributed by atoms with E-state index in [0.717, 1.165) is 58.2 Å². The van der Waals surface area contributed by atoms with Crippen LogP contribution in [0.1, 0.15) is 83.5 Å². The number of nitrogens with two attached hydrogens (primary N) is 1. The molecular weight excluding hydrogens is 350 g/mol. The molecular formula is C19H41N3O3S. The summed E-state index contributed by atoms with van der Waals surface area (Å²) in [6.07, 6.45) is 14.6. The van der Waals surface area contributed by atoms with E-state index in [1.807, 2.05) is 0 Å². The van der Waals surface area contributed by atoms with Crippen molar-refractivity contribution < 1.29 is 13.2 Å². The molecule has 0 fully saturated rings. The van der Waals surface area contributed by atoms with Gasteiger partial charge in [-0.2, -0.15) is 0 Å². The second-order valence-corrected chi connectivity index (χ2v) is 8.97. The Morgan fingerprint density at radius 3 is 1.77 bits per heavy atom. The molecule has 0 unspecified atom stereocenters. The van der Waals surface area contributed by atoms with E-state index in [1.165, 1.54) is 38.4 Å². The predicted octanol–water partition coefficient (Wildman–Crippen LogP) is 2.72. The van der Waals surface area contributed by atoms with Crippen molar-refractivity contribution in [3.63, 3.8) is 0 Å². The molecule has 0 spiro atoms. The SMILES string of the molecule is CS(=O)(=O)NCCCCCC(=O)CCCCCCCCCNCCCN. The molecule has 0 atom stereocenters. The number of carbonyl (C=O) groups is 1. The molecule has 4 N–H and O–H groups in total. The van der Waals surface area contributed by atoms with Gasteiger partial charge in [-0.3, -0.25) is 4.79 Å². The molecule has 0 rings (SSSR count). The lowest BCUT2D eigenvalue weighted by molar-refractivity contribution is -0.119. The third-order valence-corrected chi connectivity index (χ3v) is 5.09. The Morgan fingerprint density at radius 1 is 0.731 bits per heavy atom. The number of unbranched alkanes of at least 4 members (excludes halogenated alkanes) is 8. The molecule has 0 aromatic heterocycles. The normalized spacial score (nSPS) is 11.8. The van der Waals surface area contributed by atoms with Gasteiger partial charge in [0, 0.05) is 19.4 Å². The van der Waals surface area contributed by atoms with Gasteiger partial charge in [0.1, 0.15) is 5.78 Å². The highest BCUT2D eigenvalue weighted by Crippen LogP contribution is 2.10. The lowest BCUT2D eigenvalue weighted by atomic mass is 10.0. The molecule has 0 saturated heterocycles. The van der Waals surface area contributed by atoms with Gasteiger partial charge in [-0.05, 0) is 51.7 Å². The van der Waals surface area contributed by atoms with Gasteiger partial charge in [0.2, 0.25) is 10.0 Å². The first kappa shape index (κ1) is 25.5. The van der Waals surface area contributed by atoms with Crippen LogP contribution in [0.15, 0.2) is 0 Å². The summed E-state index contributed by atoms with van der Waals surface area (Å²) in [6, 6.07) is 0. The minimum absolute atomic E-state index is 0.352. The van der Waals surface area contributed by atoms with Crippen LogP contribution in [0.25, 0.3) is 0 Å². The second kappa shape index (κ2) is 17.9. The summed E-state index contributed by atoms with van der Waals surface area (Å²) in [6.45, 7) is 3.36. The standard InChI is InChI=1S/C19H41N3O3S/c1-26(24,25)22-18-11-7-9-14-19(23)13-8-5-3-2-4-6-10-16-21-17-12-15-20/h21-22H,2-18,20H2,1H3. The third-order valence-electron chi connectivity index (χ3n) is 4.36. The molecule has 0 aromatic rings. The van der Waals surface area contributed by atoms with Crippen molar-refractivity contribution in [1.29, 1.82) is 0 Å². The van der Waals surface area contributed by atoms with Gasteiger partial charge in [-0.25, -0.2) is 13.1 Å². The Balaban J connectivity index is 3.22. The van der Waals surface area contributed by atoms with Gasteiger partial charge in [0.25, 0.3) is 0 Å². The molecule has 0 saturated carbocycles. The maximum Gasteiger partial charge on any atom is 0.208 e. The Morgan fingerprint density at radius 2 is 1.19 bits per heavy atom. The van der Waals surface area contributed by atoms with Crippen LogP contribution in [-0.4, -0.2) is 46.6 Å². The van der Waals surface area contributed by atoms with Crippen molar-refractivity contribution in [3.8, 4) is 0 Å². The van der Waals surface area contributed by atoms with Crippen molar-refractivity contribution in [2.24, 2.45) is 5.73 Å². The first-order chi connectivity index (χ1) is 12.5. The van der Waals surface area contributed by atoms with Crippen molar-refractivity contribution in [1.82, 2.24) is 10.0 Å². The Bertz CT molecular complexity index is 428. The smallest absolute Gasteiger partial charge is 0.208 e. The fourth-order valence-corrected chi connectivity index (χ4v) is 3.33. The number of ketones is 1. The molecule has 0 aliphatic heterocycles. The van der Waals surface area contributed by atoms with E-state index in [-0.39, 0.29) is 0 Å². The summed E-state index contributed by atoms with van der Waals surface area (Å²) in [4.78, 5) is 11.8. The number of nitrogens with one attached hydrogen (secondary N) is 2. The molecule has 0 aliphatic carbocycles. The van der Waals surface area contributed by atoms with Crippen molar-refractivity contribution in [3.05, 3.63) is 0 Å². The molecule has 6 nitrogen and oxygen atoms in total. The van der Waals surface area contributed by atoms with E-state index in [9.17, 15) is 13.2 Å². The van der Waals surface area contributed by atoms with E-state index in [0.29, 0.717) is 25.2 Å². The molecule has 7 heteroatoms. The van der Waals surface area contributed by atoms with E-state index < -0.39 is 10.0 Å². The number of hydrogen-bond donors (Lipinski definition) is 3. The van der Waals surface area contributed by atoms with Crippen molar-refractivity contribution >= 4 is 15.8 Å². The highest BCUT2D eigenvalue weighted by molar-refractivity contribution is 7.88. The maximum atomic E-state index is 11.8. The average Bonchev–Trinajstić information content (AvgIpc) is 2.58. The minimum atomic E-state index is -3.08. The van der Waals surface area contributed by atoms with Crippen LogP contribution in [-0.2, 0) is 14.8 Å². The largest absolute Gasteiger partial charge is 0.330 e. The molecule has 0 amide bonds. The summed E-state index contributed by atoms with van der Waals surface area (Å²) in [7, 11) is -3.08. The average molecular weight is 392 g/mol. The molecule has 0 aliphatic rings. The van der Waals surface area contributed by atoms with E-state index in [2.05, 4.69) is 10.0 Å². The van der Waals surface area contributed by atoms with Crippen LogP contribution in [0.5, 0.6) is 0 Å². The van der Waals surface area contributed by atoms with Crippen LogP contribution >= 0.6 is 0 Å². The van der Waals surface area contributed by atoms with E-state index >= 15 is 0 Å². The predicted molar refractivity (Wildman–Crippen MR) is 110 cm³/mol. The zero-order valence-electron chi connectivity index (χ0n) is 16.7. The molecule has 26 heavy (non-hydrogen) atoms. The summed E-state index contributed by atoms with van der Waals surface area (Å²) in [5.74, 6) is 0.352. The first-order valence-corrected chi connectivity index (χ1v) is 12.2. The molecule has 156 valence electrons. The first-order valence-electron chi connectivity index (χ1n) is 10.3. The van der Waals surface area contributed by atoms with Crippen molar-refractivity contribution in [2.75, 3.05) is 32.4 Å². The molecule has 0 bridgehead atoms. The lowest BCUT2D eigenvalue weighted by Gasteiger charge is -2.04. The van der Waals surface area contributed by atoms with Crippen LogP contribution in [0.4, 0.5) is 0 Å². The minimum Gasteiger partial charge on any atom is -0.330 e. The number of carbonyl (C=O) groups excluding carboxylic acids is 1. The van der Waals surface area contributed by atoms with Gasteiger partial charge >= 0.3 is 0 Å². The van der Waals surface area contributed by atoms with Gasteiger partial charge in [-0.1, -0.05) is 38.5 Å². The van der Waals surface area contributed by atoms with Crippen LogP contribution < -0.4 is 15.8 Å². The zero-order valence-corrected chi connectivity index (χ0v) is 17.5. The quantitative estimate of drug-likeness (QED) is 0.277. The number of hydrogen-bond acceptors (Lipinski definition) is 5. The Labute approximate surface area is 161 Å². The van der Waals surface area contributed by atoms with Crippen molar-refractivity contribution in [2.45, 2.75) is 83.5 Å². The van der Waals surface area contributed by atoms with Gasteiger partial charge in [0.05, 0.1) is 6.26 Å². The summed E-state index contributed by atoms with van der Waals surface area (Å²) >= 11 is 0. The van der Waals surface area contributed by atoms with Gasteiger partial charge < -0.3 is 11.1 Å². The lowest BCUT2D eigenvalue weighted by Crippen LogP contribution is -2.22. The number of sulfonamides is 1. The Kier molecular flexibility index (Phi) is 17.5.